The number of hydrogen-bond acceptors (Lipinski definition) is 5. The van der Waals surface area contributed by atoms with E-state index >= 15 is 0 Å². The van der Waals surface area contributed by atoms with Crippen LogP contribution in [0.2, 0.25) is 0 Å². The zero-order valence-electron chi connectivity index (χ0n) is 17.9. The van der Waals surface area contributed by atoms with Gasteiger partial charge in [-0.25, -0.2) is 9.37 Å². The van der Waals surface area contributed by atoms with E-state index in [0.717, 1.165) is 59.1 Å². The molecule has 4 aromatic rings. The van der Waals surface area contributed by atoms with Crippen molar-refractivity contribution in [1.29, 1.82) is 0 Å². The lowest BCUT2D eigenvalue weighted by molar-refractivity contribution is -0.129. The minimum atomic E-state index is -0.265. The maximum Gasteiger partial charge on any atom is 0.228 e. The summed E-state index contributed by atoms with van der Waals surface area (Å²) >= 11 is 1.48. The summed E-state index contributed by atoms with van der Waals surface area (Å²) in [7, 11) is 1.84. The van der Waals surface area contributed by atoms with Crippen LogP contribution in [-0.2, 0) is 17.6 Å². The summed E-state index contributed by atoms with van der Waals surface area (Å²) in [5, 5.41) is 10.0. The van der Waals surface area contributed by atoms with Crippen LogP contribution in [0.3, 0.4) is 0 Å². The number of likely N-dealkylation sites (N-methyl/N-ethyl adjacent to an activating group) is 1. The molecule has 0 bridgehead atoms. The van der Waals surface area contributed by atoms with E-state index in [2.05, 4.69) is 15.2 Å². The van der Waals surface area contributed by atoms with Crippen LogP contribution >= 0.6 is 11.3 Å². The van der Waals surface area contributed by atoms with E-state index in [-0.39, 0.29) is 11.7 Å². The van der Waals surface area contributed by atoms with Crippen LogP contribution in [0.1, 0.15) is 30.7 Å². The number of rotatable bonds is 10. The van der Waals surface area contributed by atoms with Gasteiger partial charge in [-0.3, -0.25) is 9.89 Å². The quantitative estimate of drug-likeness (QED) is 0.329. The molecule has 32 heavy (non-hydrogen) atoms. The molecule has 8 heteroatoms. The van der Waals surface area contributed by atoms with Gasteiger partial charge in [0, 0.05) is 30.2 Å². The Morgan fingerprint density at radius 3 is 2.91 bits per heavy atom. The van der Waals surface area contributed by atoms with Gasteiger partial charge in [0.2, 0.25) is 5.91 Å². The predicted molar refractivity (Wildman–Crippen MR) is 123 cm³/mol. The van der Waals surface area contributed by atoms with Crippen molar-refractivity contribution in [3.8, 4) is 22.0 Å². The van der Waals surface area contributed by atoms with Gasteiger partial charge in [-0.15, -0.1) is 11.3 Å². The normalized spacial score (nSPS) is 11.1. The van der Waals surface area contributed by atoms with Crippen molar-refractivity contribution in [2.45, 2.75) is 32.1 Å². The summed E-state index contributed by atoms with van der Waals surface area (Å²) in [6, 6.07) is 12.1. The Morgan fingerprint density at radius 2 is 2.09 bits per heavy atom. The lowest BCUT2D eigenvalue weighted by atomic mass is 10.1. The predicted octanol–water partition coefficient (Wildman–Crippen LogP) is 5.35. The fourth-order valence-electron chi connectivity index (χ4n) is 3.44. The number of nitrogens with zero attached hydrogens (tertiary/aromatic N) is 3. The number of amides is 1. The Morgan fingerprint density at radius 1 is 1.19 bits per heavy atom. The van der Waals surface area contributed by atoms with Gasteiger partial charge in [0.05, 0.1) is 24.1 Å². The van der Waals surface area contributed by atoms with Crippen molar-refractivity contribution in [3.05, 3.63) is 71.3 Å². The molecule has 166 valence electrons. The average Bonchev–Trinajstić information content (AvgIpc) is 3.55. The minimum Gasteiger partial charge on any atom is -0.462 e. The molecule has 0 radical (unpaired) electrons. The van der Waals surface area contributed by atoms with E-state index < -0.39 is 0 Å². The van der Waals surface area contributed by atoms with Crippen molar-refractivity contribution in [3.63, 3.8) is 0 Å². The van der Waals surface area contributed by atoms with Crippen LogP contribution in [0.15, 0.2) is 58.5 Å². The van der Waals surface area contributed by atoms with Crippen molar-refractivity contribution in [1.82, 2.24) is 20.1 Å². The third-order valence-corrected chi connectivity index (χ3v) is 6.14. The molecule has 0 spiro atoms. The molecule has 1 aromatic carbocycles. The molecule has 6 nitrogen and oxygen atoms in total. The Bertz CT molecular complexity index is 1150. The molecule has 1 N–H and O–H groups in total. The number of carbonyl (C=O) groups is 1. The molecule has 4 rings (SSSR count). The summed E-state index contributed by atoms with van der Waals surface area (Å²) in [5.41, 5.74) is 3.32. The number of aromatic nitrogens is 3. The molecular formula is C24H25FN4O2S. The molecule has 3 aromatic heterocycles. The molecule has 3 heterocycles. The Kier molecular flexibility index (Phi) is 7.11. The van der Waals surface area contributed by atoms with Gasteiger partial charge in [0.1, 0.15) is 5.82 Å². The first-order valence-corrected chi connectivity index (χ1v) is 11.5. The van der Waals surface area contributed by atoms with Gasteiger partial charge in [-0.05, 0) is 49.6 Å². The molecular weight excluding hydrogens is 427 g/mol. The van der Waals surface area contributed by atoms with Crippen LogP contribution < -0.4 is 0 Å². The van der Waals surface area contributed by atoms with Gasteiger partial charge in [-0.1, -0.05) is 18.6 Å². The third kappa shape index (κ3) is 5.70. The van der Waals surface area contributed by atoms with Gasteiger partial charge in [-0.2, -0.15) is 5.10 Å². The molecule has 0 saturated carbocycles. The molecule has 1 amide bonds. The molecule has 0 atom stereocenters. The maximum atomic E-state index is 13.4. The van der Waals surface area contributed by atoms with E-state index in [1.165, 1.54) is 23.5 Å². The number of nitrogens with one attached hydrogen (secondary N) is 1. The largest absolute Gasteiger partial charge is 0.462 e. The lowest BCUT2D eigenvalue weighted by Crippen LogP contribution is -2.29. The smallest absolute Gasteiger partial charge is 0.228 e. The molecule has 0 aliphatic heterocycles. The molecule has 0 fully saturated rings. The number of unbranched alkanes of at least 4 members (excludes halogenated alkanes) is 2. The summed E-state index contributed by atoms with van der Waals surface area (Å²) in [6.07, 6.45) is 5.71. The van der Waals surface area contributed by atoms with Crippen molar-refractivity contribution in [2.75, 3.05) is 13.6 Å². The number of aryl methyl sites for hydroxylation is 1. The monoisotopic (exact) mass is 452 g/mol. The SMILES string of the molecule is CN(CCCCCc1cc(-c2cccc(F)c2)n[nH]1)C(=O)Cc1csc(-c2ccco2)n1. The molecule has 0 unspecified atom stereocenters. The minimum absolute atomic E-state index is 0.0644. The van der Waals surface area contributed by atoms with Crippen LogP contribution in [0, 0.1) is 5.82 Å². The van der Waals surface area contributed by atoms with Crippen molar-refractivity contribution in [2.24, 2.45) is 0 Å². The summed E-state index contributed by atoms with van der Waals surface area (Å²) in [6.45, 7) is 0.714. The van der Waals surface area contributed by atoms with Gasteiger partial charge in [0.25, 0.3) is 0 Å². The molecule has 0 aliphatic carbocycles. The third-order valence-electron chi connectivity index (χ3n) is 5.23. The van der Waals surface area contributed by atoms with E-state index in [1.807, 2.05) is 36.7 Å². The number of hydrogen-bond donors (Lipinski definition) is 1. The number of furan rings is 1. The van der Waals surface area contributed by atoms with Crippen LogP contribution in [0.25, 0.3) is 22.0 Å². The first-order chi connectivity index (χ1) is 15.6. The topological polar surface area (TPSA) is 75.0 Å². The van der Waals surface area contributed by atoms with Crippen LogP contribution in [0.5, 0.6) is 0 Å². The number of thiazole rings is 1. The number of H-pyrrole nitrogens is 1. The van der Waals surface area contributed by atoms with Gasteiger partial charge < -0.3 is 9.32 Å². The number of aromatic amines is 1. The standard InChI is InChI=1S/C24H25FN4O2S/c1-29(23(30)15-20-16-32-24(26-20)22-10-6-12-31-22)11-4-2-3-9-19-14-21(28-27-19)17-7-5-8-18(25)13-17/h5-8,10,12-14,16H,2-4,9,11,15H2,1H3,(H,27,28). The highest BCUT2D eigenvalue weighted by atomic mass is 32.1. The highest BCUT2D eigenvalue weighted by molar-refractivity contribution is 7.13. The number of benzene rings is 1. The maximum absolute atomic E-state index is 13.4. The summed E-state index contributed by atoms with van der Waals surface area (Å²) in [4.78, 5) is 18.7. The molecule has 0 aliphatic rings. The highest BCUT2D eigenvalue weighted by Crippen LogP contribution is 2.24. The highest BCUT2D eigenvalue weighted by Gasteiger charge is 2.13. The number of carbonyl (C=O) groups excluding carboxylic acids is 1. The van der Waals surface area contributed by atoms with Gasteiger partial charge in [0.15, 0.2) is 10.8 Å². The zero-order valence-corrected chi connectivity index (χ0v) is 18.7. The second kappa shape index (κ2) is 10.4. The van der Waals surface area contributed by atoms with E-state index in [0.29, 0.717) is 13.0 Å². The fraction of sp³-hybridized carbons (Fsp3) is 0.292. The van der Waals surface area contributed by atoms with E-state index in [4.69, 9.17) is 4.42 Å². The second-order valence-corrected chi connectivity index (χ2v) is 8.57. The van der Waals surface area contributed by atoms with Crippen LogP contribution in [-0.4, -0.2) is 39.6 Å². The fourth-order valence-corrected chi connectivity index (χ4v) is 4.23. The Hall–Kier alpha value is -3.26. The Balaban J connectivity index is 1.16. The summed E-state index contributed by atoms with van der Waals surface area (Å²) < 4.78 is 18.7. The van der Waals surface area contributed by atoms with E-state index in [1.54, 1.807) is 17.2 Å². The van der Waals surface area contributed by atoms with Crippen molar-refractivity contribution < 1.29 is 13.6 Å². The second-order valence-electron chi connectivity index (χ2n) is 7.71. The summed E-state index contributed by atoms with van der Waals surface area (Å²) in [5.74, 6) is 0.524. The first kappa shape index (κ1) is 22.0. The average molecular weight is 453 g/mol. The zero-order chi connectivity index (χ0) is 22.3. The van der Waals surface area contributed by atoms with E-state index in [9.17, 15) is 9.18 Å². The first-order valence-electron chi connectivity index (χ1n) is 10.6. The number of halogens is 1. The molecule has 0 saturated heterocycles. The Labute approximate surface area is 190 Å². The van der Waals surface area contributed by atoms with Gasteiger partial charge >= 0.3 is 0 Å². The van der Waals surface area contributed by atoms with Crippen LogP contribution in [0.4, 0.5) is 4.39 Å². The lowest BCUT2D eigenvalue weighted by Gasteiger charge is -2.16. The van der Waals surface area contributed by atoms with Crippen molar-refractivity contribution >= 4 is 17.2 Å².